The molecule has 2 atom stereocenters. The van der Waals surface area contributed by atoms with Crippen molar-refractivity contribution in [3.8, 4) is 0 Å². The lowest BCUT2D eigenvalue weighted by molar-refractivity contribution is -0.133. The molecule has 0 aromatic rings. The summed E-state index contributed by atoms with van der Waals surface area (Å²) in [4.78, 5) is 14.0. The molecule has 0 aromatic heterocycles. The first-order chi connectivity index (χ1) is 7.69. The number of amides is 1. The molecule has 1 amide bonds. The Bertz CT molecular complexity index is 218. The average molecular weight is 226 g/mol. The summed E-state index contributed by atoms with van der Waals surface area (Å²) in [6.45, 7) is 6.27. The highest BCUT2D eigenvalue weighted by molar-refractivity contribution is 5.81. The Kier molecular flexibility index (Phi) is 5.81. The normalized spacial score (nSPS) is 25.4. The molecular formula is C13H26N2O. The molecule has 3 heteroatoms. The molecule has 0 spiro atoms. The molecule has 0 radical (unpaired) electrons. The molecule has 1 N–H and O–H groups in total. The van der Waals surface area contributed by atoms with Crippen LogP contribution in [0.25, 0.3) is 0 Å². The Morgan fingerprint density at radius 3 is 2.81 bits per heavy atom. The van der Waals surface area contributed by atoms with E-state index >= 15 is 0 Å². The molecule has 94 valence electrons. The van der Waals surface area contributed by atoms with Crippen molar-refractivity contribution < 1.29 is 4.79 Å². The van der Waals surface area contributed by atoms with Crippen LogP contribution in [0.2, 0.25) is 0 Å². The van der Waals surface area contributed by atoms with Gasteiger partial charge in [0.15, 0.2) is 0 Å². The van der Waals surface area contributed by atoms with E-state index in [-0.39, 0.29) is 11.9 Å². The smallest absolute Gasteiger partial charge is 0.239 e. The fraction of sp³-hybridized carbons (Fsp3) is 0.923. The molecule has 0 bridgehead atoms. The van der Waals surface area contributed by atoms with Crippen LogP contribution in [0.1, 0.15) is 46.0 Å². The van der Waals surface area contributed by atoms with Gasteiger partial charge in [0.1, 0.15) is 0 Å². The number of carbonyl (C=O) groups excluding carboxylic acids is 1. The third-order valence-electron chi connectivity index (χ3n) is 3.61. The molecule has 0 aliphatic carbocycles. The summed E-state index contributed by atoms with van der Waals surface area (Å²) < 4.78 is 0. The highest BCUT2D eigenvalue weighted by atomic mass is 16.2. The lowest BCUT2D eigenvalue weighted by atomic mass is 9.90. The standard InChI is InChI=1S/C13H26N2O/c1-4-6-9-15(3)13(16)12-10-11(5-2)7-8-14-12/h11-12,14H,4-10H2,1-3H3. The summed E-state index contributed by atoms with van der Waals surface area (Å²) in [6.07, 6.45) is 5.69. The minimum Gasteiger partial charge on any atom is -0.344 e. The van der Waals surface area contributed by atoms with E-state index in [0.717, 1.165) is 38.3 Å². The molecule has 1 aliphatic heterocycles. The van der Waals surface area contributed by atoms with E-state index in [0.29, 0.717) is 0 Å². The first kappa shape index (κ1) is 13.5. The maximum atomic E-state index is 12.1. The number of hydrogen-bond donors (Lipinski definition) is 1. The summed E-state index contributed by atoms with van der Waals surface area (Å²) >= 11 is 0. The van der Waals surface area contributed by atoms with Crippen molar-refractivity contribution in [1.82, 2.24) is 10.2 Å². The van der Waals surface area contributed by atoms with Gasteiger partial charge < -0.3 is 10.2 Å². The second-order valence-electron chi connectivity index (χ2n) is 4.92. The molecule has 1 saturated heterocycles. The van der Waals surface area contributed by atoms with Crippen LogP contribution in [0.4, 0.5) is 0 Å². The molecule has 2 unspecified atom stereocenters. The van der Waals surface area contributed by atoms with Gasteiger partial charge in [-0.25, -0.2) is 0 Å². The van der Waals surface area contributed by atoms with Gasteiger partial charge in [-0.3, -0.25) is 4.79 Å². The zero-order valence-electron chi connectivity index (χ0n) is 11.0. The topological polar surface area (TPSA) is 32.3 Å². The van der Waals surface area contributed by atoms with Crippen LogP contribution < -0.4 is 5.32 Å². The predicted octanol–water partition coefficient (Wildman–Crippen LogP) is 2.02. The van der Waals surface area contributed by atoms with Crippen molar-refractivity contribution in [1.29, 1.82) is 0 Å². The Morgan fingerprint density at radius 2 is 2.19 bits per heavy atom. The summed E-state index contributed by atoms with van der Waals surface area (Å²) in [5.74, 6) is 1.02. The van der Waals surface area contributed by atoms with Gasteiger partial charge in [0.25, 0.3) is 0 Å². The minimum atomic E-state index is 0.0700. The number of piperidine rings is 1. The fourth-order valence-corrected chi connectivity index (χ4v) is 2.33. The van der Waals surface area contributed by atoms with Crippen LogP contribution >= 0.6 is 0 Å². The summed E-state index contributed by atoms with van der Waals surface area (Å²) in [5, 5.41) is 3.35. The van der Waals surface area contributed by atoms with Crippen molar-refractivity contribution >= 4 is 5.91 Å². The van der Waals surface area contributed by atoms with Crippen molar-refractivity contribution in [3.63, 3.8) is 0 Å². The summed E-state index contributed by atoms with van der Waals surface area (Å²) in [6, 6.07) is 0.0700. The van der Waals surface area contributed by atoms with Crippen molar-refractivity contribution in [2.45, 2.75) is 52.0 Å². The van der Waals surface area contributed by atoms with Crippen LogP contribution in [-0.4, -0.2) is 37.0 Å². The first-order valence-corrected chi connectivity index (χ1v) is 6.67. The quantitative estimate of drug-likeness (QED) is 0.778. The van der Waals surface area contributed by atoms with E-state index in [1.54, 1.807) is 0 Å². The first-order valence-electron chi connectivity index (χ1n) is 6.67. The van der Waals surface area contributed by atoms with E-state index in [2.05, 4.69) is 19.2 Å². The van der Waals surface area contributed by atoms with Crippen LogP contribution in [-0.2, 0) is 4.79 Å². The van der Waals surface area contributed by atoms with Gasteiger partial charge in [0, 0.05) is 13.6 Å². The largest absolute Gasteiger partial charge is 0.344 e. The predicted molar refractivity (Wildman–Crippen MR) is 67.4 cm³/mol. The van der Waals surface area contributed by atoms with Crippen molar-refractivity contribution in [2.24, 2.45) is 5.92 Å². The van der Waals surface area contributed by atoms with Crippen LogP contribution in [0.5, 0.6) is 0 Å². The van der Waals surface area contributed by atoms with Gasteiger partial charge in [-0.2, -0.15) is 0 Å². The van der Waals surface area contributed by atoms with E-state index < -0.39 is 0 Å². The SMILES string of the molecule is CCCCN(C)C(=O)C1CC(CC)CCN1. The third-order valence-corrected chi connectivity index (χ3v) is 3.61. The van der Waals surface area contributed by atoms with Crippen LogP contribution in [0.15, 0.2) is 0 Å². The van der Waals surface area contributed by atoms with Crippen molar-refractivity contribution in [2.75, 3.05) is 20.1 Å². The number of likely N-dealkylation sites (N-methyl/N-ethyl adjacent to an activating group) is 1. The molecule has 1 rings (SSSR count). The number of nitrogens with one attached hydrogen (secondary N) is 1. The minimum absolute atomic E-state index is 0.0700. The average Bonchev–Trinajstić information content (AvgIpc) is 2.35. The number of unbranched alkanes of at least 4 members (excludes halogenated alkanes) is 1. The van der Waals surface area contributed by atoms with E-state index in [4.69, 9.17) is 0 Å². The fourth-order valence-electron chi connectivity index (χ4n) is 2.33. The zero-order chi connectivity index (χ0) is 12.0. The highest BCUT2D eigenvalue weighted by Gasteiger charge is 2.27. The van der Waals surface area contributed by atoms with E-state index in [1.165, 1.54) is 12.8 Å². The lowest BCUT2D eigenvalue weighted by Crippen LogP contribution is -2.49. The summed E-state index contributed by atoms with van der Waals surface area (Å²) in [7, 11) is 1.93. The Morgan fingerprint density at radius 1 is 1.44 bits per heavy atom. The Balaban J connectivity index is 2.40. The molecule has 16 heavy (non-hydrogen) atoms. The molecular weight excluding hydrogens is 200 g/mol. The zero-order valence-corrected chi connectivity index (χ0v) is 11.0. The maximum Gasteiger partial charge on any atom is 0.239 e. The van der Waals surface area contributed by atoms with E-state index in [1.807, 2.05) is 11.9 Å². The van der Waals surface area contributed by atoms with Crippen LogP contribution in [0.3, 0.4) is 0 Å². The molecule has 1 fully saturated rings. The Labute approximate surface area is 99.6 Å². The molecule has 1 heterocycles. The molecule has 3 nitrogen and oxygen atoms in total. The second-order valence-corrected chi connectivity index (χ2v) is 4.92. The number of nitrogens with zero attached hydrogens (tertiary/aromatic N) is 1. The van der Waals surface area contributed by atoms with Gasteiger partial charge in [0.2, 0.25) is 5.91 Å². The second kappa shape index (κ2) is 6.89. The number of hydrogen-bond acceptors (Lipinski definition) is 2. The number of carbonyl (C=O) groups is 1. The van der Waals surface area contributed by atoms with Gasteiger partial charge in [-0.05, 0) is 31.7 Å². The van der Waals surface area contributed by atoms with E-state index in [9.17, 15) is 4.79 Å². The van der Waals surface area contributed by atoms with Crippen LogP contribution in [0, 0.1) is 5.92 Å². The van der Waals surface area contributed by atoms with Crippen molar-refractivity contribution in [3.05, 3.63) is 0 Å². The van der Waals surface area contributed by atoms with Gasteiger partial charge >= 0.3 is 0 Å². The lowest BCUT2D eigenvalue weighted by Gasteiger charge is -2.31. The molecule has 1 aliphatic rings. The van der Waals surface area contributed by atoms with Gasteiger partial charge in [-0.1, -0.05) is 26.7 Å². The molecule has 0 saturated carbocycles. The molecule has 0 aromatic carbocycles. The number of rotatable bonds is 5. The maximum absolute atomic E-state index is 12.1. The Hall–Kier alpha value is -0.570. The third kappa shape index (κ3) is 3.78. The monoisotopic (exact) mass is 226 g/mol. The summed E-state index contributed by atoms with van der Waals surface area (Å²) in [5.41, 5.74) is 0. The highest BCUT2D eigenvalue weighted by Crippen LogP contribution is 2.20. The van der Waals surface area contributed by atoms with Gasteiger partial charge in [-0.15, -0.1) is 0 Å². The van der Waals surface area contributed by atoms with Gasteiger partial charge in [0.05, 0.1) is 6.04 Å².